The molecule has 0 aliphatic rings. The van der Waals surface area contributed by atoms with Crippen LogP contribution in [-0.4, -0.2) is 14.1 Å². The average molecular weight is 930 g/mol. The summed E-state index contributed by atoms with van der Waals surface area (Å²) in [6.07, 6.45) is 3.70. The van der Waals surface area contributed by atoms with Gasteiger partial charge < -0.3 is 9.13 Å². The summed E-state index contributed by atoms with van der Waals surface area (Å²) in [4.78, 5) is 9.45. The quantitative estimate of drug-likeness (QED) is 0.165. The van der Waals surface area contributed by atoms with Crippen molar-refractivity contribution < 1.29 is 0 Å². The molecule has 6 aromatic heterocycles. The third kappa shape index (κ3) is 5.17. The molecule has 0 spiro atoms. The molecule has 0 unspecified atom stereocenters. The fraction of sp³-hybridized carbons (Fsp3) is 0. The van der Waals surface area contributed by atoms with Gasteiger partial charge in [-0.2, -0.15) is 5.26 Å². The van der Waals surface area contributed by atoms with Crippen LogP contribution in [-0.2, 0) is 0 Å². The number of rotatable bonds is 4. The van der Waals surface area contributed by atoms with Crippen molar-refractivity contribution in [3.05, 3.63) is 205 Å². The van der Waals surface area contributed by atoms with E-state index >= 15 is 0 Å². The van der Waals surface area contributed by atoms with Gasteiger partial charge in [0.25, 0.3) is 0 Å². The predicted octanol–water partition coefficient (Wildman–Crippen LogP) is 18.1. The Morgan fingerprint density at radius 2 is 0.899 bits per heavy atom. The highest BCUT2D eigenvalue weighted by Crippen LogP contribution is 2.55. The summed E-state index contributed by atoms with van der Waals surface area (Å²) in [5, 5.41) is 23.5. The number of hydrogen-bond donors (Lipinski definition) is 0. The molecule has 0 saturated heterocycles. The molecule has 0 bridgehead atoms. The van der Waals surface area contributed by atoms with Crippen molar-refractivity contribution in [1.29, 1.82) is 5.26 Å². The van der Waals surface area contributed by atoms with E-state index in [4.69, 9.17) is 4.98 Å². The summed E-state index contributed by atoms with van der Waals surface area (Å²) in [7, 11) is 0. The number of thiophene rings is 3. The van der Waals surface area contributed by atoms with Crippen molar-refractivity contribution in [3.8, 4) is 39.7 Å². The minimum atomic E-state index is 0.406. The summed E-state index contributed by atoms with van der Waals surface area (Å²) in [5.41, 5.74) is 9.30. The second kappa shape index (κ2) is 14.4. The monoisotopic (exact) mass is 929 g/mol. The number of fused-ring (bicyclic) bond motifs is 18. The van der Waals surface area contributed by atoms with E-state index in [0.717, 1.165) is 85.5 Å². The molecule has 0 aliphatic carbocycles. The van der Waals surface area contributed by atoms with Crippen molar-refractivity contribution in [3.63, 3.8) is 0 Å². The highest BCUT2D eigenvalue weighted by Gasteiger charge is 2.33. The summed E-state index contributed by atoms with van der Waals surface area (Å²) >= 11 is 5.37. The molecule has 5 nitrogen and oxygen atoms in total. The van der Waals surface area contributed by atoms with Crippen LogP contribution in [0, 0.1) is 17.9 Å². The number of pyridine rings is 1. The largest absolute Gasteiger partial charge is 0.316 e. The Morgan fingerprint density at radius 3 is 1.42 bits per heavy atom. The van der Waals surface area contributed by atoms with Crippen LogP contribution in [0.15, 0.2) is 188 Å². The molecule has 15 rings (SSSR count). The first-order valence-corrected chi connectivity index (χ1v) is 25.1. The molecule has 15 aromatic rings. The first-order valence-electron chi connectivity index (χ1n) is 22.7. The molecular formula is C61H31N5S3. The Hall–Kier alpha value is -8.63. The van der Waals surface area contributed by atoms with Gasteiger partial charge in [-0.05, 0) is 35.9 Å². The molecule has 0 saturated carbocycles. The summed E-state index contributed by atoms with van der Waals surface area (Å²) in [6.45, 7) is 9.49. The van der Waals surface area contributed by atoms with Crippen LogP contribution in [0.1, 0.15) is 5.56 Å². The highest BCUT2D eigenvalue weighted by atomic mass is 32.1. The van der Waals surface area contributed by atoms with Gasteiger partial charge >= 0.3 is 0 Å². The molecule has 0 radical (unpaired) electrons. The standard InChI is InChI=1S/C61H31N5S3/c1-63-53-51(34-14-3-2-4-15-34)46(32-62)54(65-47-21-9-5-17-36(47)40-25-28-43-37-18-6-10-22-48(37)67-59(43)55(40)65)52(35-16-13-31-64-33-35)58(53)66-56-41(26-29-44-38-19-7-11-23-49(38)68-60(44)56)42-27-30-45-39-20-8-12-24-50(39)69-61(45)57(42)66/h2-31,33H. The second-order valence-electron chi connectivity index (χ2n) is 17.5. The lowest BCUT2D eigenvalue weighted by Gasteiger charge is -2.26. The lowest BCUT2D eigenvalue weighted by molar-refractivity contribution is 1.14. The Morgan fingerprint density at radius 1 is 0.435 bits per heavy atom. The second-order valence-corrected chi connectivity index (χ2v) is 20.7. The van der Waals surface area contributed by atoms with E-state index in [1.165, 1.54) is 41.0 Å². The van der Waals surface area contributed by atoms with Crippen LogP contribution in [0.2, 0.25) is 0 Å². The maximum atomic E-state index is 12.0. The molecule has 9 aromatic carbocycles. The molecule has 69 heavy (non-hydrogen) atoms. The minimum absolute atomic E-state index is 0.406. The van der Waals surface area contributed by atoms with Crippen LogP contribution in [0.3, 0.4) is 0 Å². The molecule has 0 atom stereocenters. The number of benzene rings is 9. The molecule has 0 N–H and O–H groups in total. The number of nitriles is 1. The van der Waals surface area contributed by atoms with Crippen molar-refractivity contribution in [2.24, 2.45) is 0 Å². The van der Waals surface area contributed by atoms with Crippen LogP contribution in [0.4, 0.5) is 5.69 Å². The first-order chi connectivity index (χ1) is 34.2. The Balaban J connectivity index is 1.27. The Bertz CT molecular complexity index is 4670. The van der Waals surface area contributed by atoms with E-state index in [-0.39, 0.29) is 0 Å². The third-order valence-electron chi connectivity index (χ3n) is 14.1. The van der Waals surface area contributed by atoms with Gasteiger partial charge in [-0.3, -0.25) is 4.98 Å². The smallest absolute Gasteiger partial charge is 0.220 e. The Kier molecular flexibility index (Phi) is 8.05. The van der Waals surface area contributed by atoms with Crippen molar-refractivity contribution in [1.82, 2.24) is 14.1 Å². The first kappa shape index (κ1) is 38.5. The molecule has 0 amide bonds. The van der Waals surface area contributed by atoms with Gasteiger partial charge in [0, 0.05) is 97.0 Å². The molecule has 0 aliphatic heterocycles. The average Bonchev–Trinajstić information content (AvgIpc) is 4.23. The van der Waals surface area contributed by atoms with Crippen molar-refractivity contribution in [2.75, 3.05) is 0 Å². The van der Waals surface area contributed by atoms with Gasteiger partial charge in [-0.25, -0.2) is 4.85 Å². The highest BCUT2D eigenvalue weighted by molar-refractivity contribution is 7.27. The zero-order chi connectivity index (χ0) is 45.5. The van der Waals surface area contributed by atoms with Gasteiger partial charge in [-0.1, -0.05) is 146 Å². The fourth-order valence-electron chi connectivity index (χ4n) is 11.3. The molecular weight excluding hydrogens is 899 g/mol. The summed E-state index contributed by atoms with van der Waals surface area (Å²) < 4.78 is 11.8. The predicted molar refractivity (Wildman–Crippen MR) is 293 cm³/mol. The summed E-state index contributed by atoms with van der Waals surface area (Å²) in [5.74, 6) is 0. The molecule has 8 heteroatoms. The van der Waals surface area contributed by atoms with Crippen molar-refractivity contribution in [2.45, 2.75) is 0 Å². The van der Waals surface area contributed by atoms with Gasteiger partial charge in [0.15, 0.2) is 0 Å². The topological polar surface area (TPSA) is 50.9 Å². The third-order valence-corrected chi connectivity index (χ3v) is 17.6. The lowest BCUT2D eigenvalue weighted by Crippen LogP contribution is -2.09. The normalized spacial score (nSPS) is 12.0. The minimum Gasteiger partial charge on any atom is -0.316 e. The number of nitrogens with zero attached hydrogens (tertiary/aromatic N) is 5. The van der Waals surface area contributed by atoms with Gasteiger partial charge in [0.05, 0.1) is 59.7 Å². The van der Waals surface area contributed by atoms with E-state index in [0.29, 0.717) is 22.5 Å². The molecule has 318 valence electrons. The number of aromatic nitrogens is 3. The van der Waals surface area contributed by atoms with Crippen LogP contribution < -0.4 is 0 Å². The SMILES string of the molecule is [C-]#[N+]c1c(-c2ccccc2)c(C#N)c(-n2c3ccccc3c3ccc4c5ccccc5sc4c32)c(-c2cccnc2)c1-n1c2c(ccc3c4ccccc4sc32)c2ccc3c4ccccc4sc3c21. The van der Waals surface area contributed by atoms with E-state index in [1.807, 2.05) is 42.6 Å². The molecule has 6 heterocycles. The van der Waals surface area contributed by atoms with E-state index in [1.54, 1.807) is 40.2 Å². The van der Waals surface area contributed by atoms with Crippen LogP contribution in [0.25, 0.3) is 143 Å². The van der Waals surface area contributed by atoms with Crippen LogP contribution >= 0.6 is 34.0 Å². The van der Waals surface area contributed by atoms with E-state index < -0.39 is 0 Å². The Labute approximate surface area is 405 Å². The van der Waals surface area contributed by atoms with Crippen molar-refractivity contribution >= 4 is 144 Å². The van der Waals surface area contributed by atoms with E-state index in [2.05, 4.69) is 160 Å². The van der Waals surface area contributed by atoms with Crippen LogP contribution in [0.5, 0.6) is 0 Å². The number of hydrogen-bond acceptors (Lipinski definition) is 5. The van der Waals surface area contributed by atoms with Gasteiger partial charge in [0.1, 0.15) is 6.07 Å². The van der Waals surface area contributed by atoms with Gasteiger partial charge in [0.2, 0.25) is 5.69 Å². The zero-order valence-electron chi connectivity index (χ0n) is 36.4. The zero-order valence-corrected chi connectivity index (χ0v) is 38.8. The van der Waals surface area contributed by atoms with Gasteiger partial charge in [-0.15, -0.1) is 34.0 Å². The number of para-hydroxylation sites is 1. The van der Waals surface area contributed by atoms with E-state index in [9.17, 15) is 11.8 Å². The maximum Gasteiger partial charge on any atom is 0.220 e. The fourth-order valence-corrected chi connectivity index (χ4v) is 15.0. The lowest BCUT2D eigenvalue weighted by atomic mass is 9.89. The molecule has 0 fully saturated rings. The summed E-state index contributed by atoms with van der Waals surface area (Å²) in [6, 6.07) is 65.0. The maximum absolute atomic E-state index is 12.0.